The van der Waals surface area contributed by atoms with Crippen molar-refractivity contribution >= 4 is 11.5 Å². The molecule has 0 saturated carbocycles. The van der Waals surface area contributed by atoms with Gasteiger partial charge in [0.1, 0.15) is 6.10 Å². The predicted molar refractivity (Wildman–Crippen MR) is 92.9 cm³/mol. The number of fused-ring (bicyclic) bond motifs is 3. The van der Waals surface area contributed by atoms with Crippen LogP contribution in [0.4, 0.5) is 5.82 Å². The van der Waals surface area contributed by atoms with E-state index in [-0.39, 0.29) is 23.1 Å². The van der Waals surface area contributed by atoms with Gasteiger partial charge >= 0.3 is 0 Å². The Balaban J connectivity index is 1.93. The van der Waals surface area contributed by atoms with Crippen molar-refractivity contribution < 1.29 is 9.47 Å². The fraction of sp³-hybridized carbons (Fsp3) is 0.667. The van der Waals surface area contributed by atoms with Gasteiger partial charge in [0, 0.05) is 11.1 Å². The molecule has 0 spiro atoms. The van der Waals surface area contributed by atoms with Crippen molar-refractivity contribution in [3.8, 4) is 5.75 Å². The first-order chi connectivity index (χ1) is 11.2. The first kappa shape index (κ1) is 15.7. The predicted octanol–water partition coefficient (Wildman–Crippen LogP) is 2.79. The molecule has 6 nitrogen and oxygen atoms in total. The summed E-state index contributed by atoms with van der Waals surface area (Å²) in [6.45, 7) is 14.5. The SMILES string of the molecule is CC(C)(C)c1cnn2cc3c(nc12)N(C(C)(C)C)C1COCC1O3. The number of hydrogen-bond acceptors (Lipinski definition) is 5. The monoisotopic (exact) mass is 330 g/mol. The van der Waals surface area contributed by atoms with E-state index in [1.165, 1.54) is 0 Å². The summed E-state index contributed by atoms with van der Waals surface area (Å²) in [6.07, 6.45) is 3.92. The lowest BCUT2D eigenvalue weighted by Crippen LogP contribution is -2.57. The van der Waals surface area contributed by atoms with Gasteiger partial charge in [0.05, 0.1) is 31.6 Å². The summed E-state index contributed by atoms with van der Waals surface area (Å²) in [4.78, 5) is 7.36. The fourth-order valence-corrected chi connectivity index (χ4v) is 3.68. The summed E-state index contributed by atoms with van der Waals surface area (Å²) in [5.74, 6) is 1.68. The van der Waals surface area contributed by atoms with E-state index in [2.05, 4.69) is 51.5 Å². The second-order valence-electron chi connectivity index (χ2n) is 8.81. The Bertz CT molecular complexity index is 785. The molecular formula is C18H26N4O2. The maximum absolute atomic E-state index is 6.19. The van der Waals surface area contributed by atoms with Crippen LogP contribution in [0, 0.1) is 0 Å². The molecule has 0 amide bonds. The molecule has 0 radical (unpaired) electrons. The molecule has 0 bridgehead atoms. The molecule has 2 aromatic heterocycles. The third-order valence-electron chi connectivity index (χ3n) is 4.81. The molecule has 24 heavy (non-hydrogen) atoms. The van der Waals surface area contributed by atoms with Crippen molar-refractivity contribution in [1.29, 1.82) is 0 Å². The van der Waals surface area contributed by atoms with Crippen molar-refractivity contribution in [2.45, 2.75) is 64.6 Å². The summed E-state index contributed by atoms with van der Waals surface area (Å²) in [7, 11) is 0. The van der Waals surface area contributed by atoms with E-state index in [0.717, 1.165) is 22.8 Å². The third kappa shape index (κ3) is 2.27. The van der Waals surface area contributed by atoms with E-state index in [4.69, 9.17) is 14.5 Å². The normalized spacial score (nSPS) is 24.0. The van der Waals surface area contributed by atoms with Crippen LogP contribution in [-0.4, -0.2) is 45.5 Å². The van der Waals surface area contributed by atoms with E-state index in [1.807, 2.05) is 16.9 Å². The van der Waals surface area contributed by atoms with E-state index < -0.39 is 0 Å². The molecular weight excluding hydrogens is 304 g/mol. The van der Waals surface area contributed by atoms with E-state index in [0.29, 0.717) is 13.2 Å². The van der Waals surface area contributed by atoms with Gasteiger partial charge in [0.25, 0.3) is 0 Å². The summed E-state index contributed by atoms with van der Waals surface area (Å²) in [6, 6.07) is 0.202. The number of nitrogens with zero attached hydrogens (tertiary/aromatic N) is 4. The molecule has 2 aliphatic heterocycles. The van der Waals surface area contributed by atoms with Gasteiger partial charge in [-0.3, -0.25) is 0 Å². The minimum Gasteiger partial charge on any atom is -0.480 e. The van der Waals surface area contributed by atoms with Gasteiger partial charge < -0.3 is 14.4 Å². The van der Waals surface area contributed by atoms with Crippen LogP contribution in [0.25, 0.3) is 5.65 Å². The van der Waals surface area contributed by atoms with Gasteiger partial charge in [0.2, 0.25) is 0 Å². The van der Waals surface area contributed by atoms with Gasteiger partial charge in [-0.2, -0.15) is 5.10 Å². The Hall–Kier alpha value is -1.82. The van der Waals surface area contributed by atoms with Crippen LogP contribution in [0.1, 0.15) is 47.1 Å². The highest BCUT2D eigenvalue weighted by Crippen LogP contribution is 2.41. The van der Waals surface area contributed by atoms with Crippen molar-refractivity contribution in [2.75, 3.05) is 18.1 Å². The number of anilines is 1. The van der Waals surface area contributed by atoms with Crippen molar-refractivity contribution in [3.63, 3.8) is 0 Å². The van der Waals surface area contributed by atoms with Crippen molar-refractivity contribution in [1.82, 2.24) is 14.6 Å². The third-order valence-corrected chi connectivity index (χ3v) is 4.81. The summed E-state index contributed by atoms with van der Waals surface area (Å²) < 4.78 is 13.7. The lowest BCUT2D eigenvalue weighted by Gasteiger charge is -2.46. The second-order valence-corrected chi connectivity index (χ2v) is 8.81. The molecule has 2 aliphatic rings. The van der Waals surface area contributed by atoms with Crippen LogP contribution in [-0.2, 0) is 10.2 Å². The first-order valence-electron chi connectivity index (χ1n) is 8.59. The van der Waals surface area contributed by atoms with Crippen LogP contribution in [0.5, 0.6) is 5.75 Å². The zero-order chi connectivity index (χ0) is 17.3. The fourth-order valence-electron chi connectivity index (χ4n) is 3.68. The Morgan fingerprint density at radius 2 is 1.88 bits per heavy atom. The minimum absolute atomic E-state index is 0.00984. The molecule has 0 aromatic carbocycles. The number of rotatable bonds is 0. The summed E-state index contributed by atoms with van der Waals surface area (Å²) >= 11 is 0. The van der Waals surface area contributed by atoms with Gasteiger partial charge in [-0.25, -0.2) is 9.50 Å². The highest BCUT2D eigenvalue weighted by atomic mass is 16.6. The molecule has 0 N–H and O–H groups in total. The standard InChI is InChI=1S/C18H26N4O2/c1-17(2,3)11-7-19-21-8-13-16(20-15(11)21)22(18(4,5)6)12-9-23-10-14(12)24-13/h7-8,12,14H,9-10H2,1-6H3. The van der Waals surface area contributed by atoms with E-state index >= 15 is 0 Å². The first-order valence-corrected chi connectivity index (χ1v) is 8.59. The maximum Gasteiger partial charge on any atom is 0.180 e. The molecule has 2 unspecified atom stereocenters. The lowest BCUT2D eigenvalue weighted by molar-refractivity contribution is 0.133. The molecule has 2 atom stereocenters. The summed E-state index contributed by atoms with van der Waals surface area (Å²) in [5, 5.41) is 4.49. The van der Waals surface area contributed by atoms with Gasteiger partial charge in [-0.15, -0.1) is 0 Å². The molecule has 1 saturated heterocycles. The van der Waals surface area contributed by atoms with Gasteiger partial charge in [0.15, 0.2) is 17.2 Å². The number of aromatic nitrogens is 3. The Morgan fingerprint density at radius 3 is 2.54 bits per heavy atom. The highest BCUT2D eigenvalue weighted by molar-refractivity contribution is 5.63. The molecule has 4 heterocycles. The zero-order valence-electron chi connectivity index (χ0n) is 15.3. The molecule has 130 valence electrons. The van der Waals surface area contributed by atoms with Crippen LogP contribution in [0.2, 0.25) is 0 Å². The minimum atomic E-state index is -0.0671. The topological polar surface area (TPSA) is 51.9 Å². The largest absolute Gasteiger partial charge is 0.480 e. The average molecular weight is 330 g/mol. The molecule has 2 aromatic rings. The van der Waals surface area contributed by atoms with Crippen molar-refractivity contribution in [3.05, 3.63) is 18.0 Å². The van der Waals surface area contributed by atoms with Crippen LogP contribution in [0.3, 0.4) is 0 Å². The summed E-state index contributed by atoms with van der Waals surface area (Å²) in [5.41, 5.74) is 1.97. The molecule has 1 fully saturated rings. The Labute approximate surface area is 142 Å². The lowest BCUT2D eigenvalue weighted by atomic mass is 9.89. The highest BCUT2D eigenvalue weighted by Gasteiger charge is 2.45. The number of hydrogen-bond donors (Lipinski definition) is 0. The maximum atomic E-state index is 6.19. The smallest absolute Gasteiger partial charge is 0.180 e. The van der Waals surface area contributed by atoms with E-state index in [1.54, 1.807) is 0 Å². The molecule has 4 rings (SSSR count). The Morgan fingerprint density at radius 1 is 1.12 bits per heavy atom. The van der Waals surface area contributed by atoms with E-state index in [9.17, 15) is 0 Å². The molecule has 6 heteroatoms. The second kappa shape index (κ2) is 4.85. The van der Waals surface area contributed by atoms with Crippen LogP contribution in [0.15, 0.2) is 12.4 Å². The van der Waals surface area contributed by atoms with Crippen LogP contribution >= 0.6 is 0 Å². The zero-order valence-corrected chi connectivity index (χ0v) is 15.3. The average Bonchev–Trinajstić information content (AvgIpc) is 3.05. The van der Waals surface area contributed by atoms with Crippen LogP contribution < -0.4 is 9.64 Å². The van der Waals surface area contributed by atoms with Crippen molar-refractivity contribution in [2.24, 2.45) is 0 Å². The molecule has 0 aliphatic carbocycles. The number of ether oxygens (including phenoxy) is 2. The quantitative estimate of drug-likeness (QED) is 0.743. The van der Waals surface area contributed by atoms with Gasteiger partial charge in [-0.1, -0.05) is 20.8 Å². The Kier molecular flexibility index (Phi) is 3.17. The van der Waals surface area contributed by atoms with Gasteiger partial charge in [-0.05, 0) is 26.2 Å².